The number of aromatic nitrogens is 2. The Labute approximate surface area is 101 Å². The van der Waals surface area contributed by atoms with E-state index in [0.717, 1.165) is 31.1 Å². The Morgan fingerprint density at radius 1 is 1.53 bits per heavy atom. The summed E-state index contributed by atoms with van der Waals surface area (Å²) >= 11 is 0. The minimum absolute atomic E-state index is 0.317. The molecule has 1 fully saturated rings. The van der Waals surface area contributed by atoms with Crippen molar-refractivity contribution in [2.45, 2.75) is 26.4 Å². The van der Waals surface area contributed by atoms with Crippen molar-refractivity contribution in [3.63, 3.8) is 0 Å². The predicted octanol–water partition coefficient (Wildman–Crippen LogP) is 0.908. The van der Waals surface area contributed by atoms with Crippen molar-refractivity contribution in [3.05, 3.63) is 11.8 Å². The molecule has 0 bridgehead atoms. The number of hydrogen-bond acceptors (Lipinski definition) is 6. The van der Waals surface area contributed by atoms with Crippen LogP contribution in [0.2, 0.25) is 0 Å². The summed E-state index contributed by atoms with van der Waals surface area (Å²) < 4.78 is 5.52. The van der Waals surface area contributed by atoms with Crippen molar-refractivity contribution in [2.24, 2.45) is 11.8 Å². The van der Waals surface area contributed by atoms with E-state index in [1.165, 1.54) is 0 Å². The van der Waals surface area contributed by atoms with Crippen LogP contribution in [0.4, 0.5) is 11.8 Å². The maximum Gasteiger partial charge on any atom is 0.239 e. The third-order valence-electron chi connectivity index (χ3n) is 3.06. The lowest BCUT2D eigenvalue weighted by atomic mass is 10.0. The first kappa shape index (κ1) is 12.1. The minimum Gasteiger partial charge on any atom is -0.378 e. The van der Waals surface area contributed by atoms with Gasteiger partial charge in [-0.3, -0.25) is 5.43 Å². The molecule has 1 aromatic heterocycles. The van der Waals surface area contributed by atoms with E-state index in [1.807, 2.05) is 13.0 Å². The van der Waals surface area contributed by atoms with E-state index >= 15 is 0 Å². The minimum atomic E-state index is 0.317. The molecule has 17 heavy (non-hydrogen) atoms. The molecule has 0 aromatic carbocycles. The Kier molecular flexibility index (Phi) is 3.75. The van der Waals surface area contributed by atoms with Gasteiger partial charge < -0.3 is 10.1 Å². The number of nitrogens with two attached hydrogens (primary N) is 1. The summed E-state index contributed by atoms with van der Waals surface area (Å²) in [4.78, 5) is 8.37. The molecule has 2 unspecified atom stereocenters. The molecule has 0 radical (unpaired) electrons. The van der Waals surface area contributed by atoms with Crippen molar-refractivity contribution in [1.29, 1.82) is 0 Å². The summed E-state index contributed by atoms with van der Waals surface area (Å²) in [5.41, 5.74) is 3.34. The third-order valence-corrected chi connectivity index (χ3v) is 3.06. The highest BCUT2D eigenvalue weighted by Gasteiger charge is 2.23. The molecular formula is C11H19N5O. The average molecular weight is 237 g/mol. The molecule has 0 spiro atoms. The van der Waals surface area contributed by atoms with Crippen LogP contribution in [-0.2, 0) is 4.74 Å². The zero-order valence-corrected chi connectivity index (χ0v) is 10.2. The lowest BCUT2D eigenvalue weighted by Gasteiger charge is -2.15. The molecule has 94 valence electrons. The van der Waals surface area contributed by atoms with E-state index in [9.17, 15) is 0 Å². The van der Waals surface area contributed by atoms with Crippen LogP contribution in [0.15, 0.2) is 6.07 Å². The van der Waals surface area contributed by atoms with E-state index in [0.29, 0.717) is 18.0 Å². The molecule has 1 aliphatic heterocycles. The predicted molar refractivity (Wildman–Crippen MR) is 66.6 cm³/mol. The summed E-state index contributed by atoms with van der Waals surface area (Å²) in [7, 11) is 0. The van der Waals surface area contributed by atoms with Crippen LogP contribution in [0.3, 0.4) is 0 Å². The lowest BCUT2D eigenvalue weighted by molar-refractivity contribution is 0.108. The van der Waals surface area contributed by atoms with E-state index < -0.39 is 0 Å². The number of anilines is 2. The molecule has 1 aromatic rings. The van der Waals surface area contributed by atoms with E-state index in [1.54, 1.807) is 0 Å². The molecule has 2 rings (SSSR count). The second-order valence-electron chi connectivity index (χ2n) is 4.37. The van der Waals surface area contributed by atoms with Gasteiger partial charge in [0.2, 0.25) is 5.95 Å². The number of nitrogens with zero attached hydrogens (tertiary/aromatic N) is 2. The van der Waals surface area contributed by atoms with Gasteiger partial charge in [0.05, 0.1) is 6.10 Å². The van der Waals surface area contributed by atoms with Crippen molar-refractivity contribution < 1.29 is 4.74 Å². The van der Waals surface area contributed by atoms with Crippen LogP contribution in [0.5, 0.6) is 0 Å². The fourth-order valence-electron chi connectivity index (χ4n) is 2.00. The van der Waals surface area contributed by atoms with Gasteiger partial charge in [0.25, 0.3) is 0 Å². The van der Waals surface area contributed by atoms with Gasteiger partial charge in [0, 0.05) is 30.8 Å². The topological polar surface area (TPSA) is 85.1 Å². The quantitative estimate of drug-likeness (QED) is 0.533. The van der Waals surface area contributed by atoms with Crippen molar-refractivity contribution in [2.75, 3.05) is 23.9 Å². The van der Waals surface area contributed by atoms with Crippen LogP contribution in [0.25, 0.3) is 0 Å². The average Bonchev–Trinajstić information content (AvgIpc) is 2.71. The number of rotatable bonds is 4. The number of aryl methyl sites for hydroxylation is 1. The van der Waals surface area contributed by atoms with Crippen LogP contribution in [-0.4, -0.2) is 29.2 Å². The normalized spacial score (nSPS) is 23.7. The number of nitrogen functional groups attached to an aromatic ring is 1. The van der Waals surface area contributed by atoms with Crippen LogP contribution >= 0.6 is 0 Å². The monoisotopic (exact) mass is 237 g/mol. The Bertz CT molecular complexity index is 384. The number of hydrazine groups is 1. The van der Waals surface area contributed by atoms with Crippen LogP contribution in [0.1, 0.15) is 19.0 Å². The zero-order chi connectivity index (χ0) is 12.3. The molecule has 2 heterocycles. The summed E-state index contributed by atoms with van der Waals surface area (Å²) in [6.45, 7) is 5.74. The number of ether oxygens (including phenoxy) is 1. The number of hydrogen-bond donors (Lipinski definition) is 3. The first-order chi connectivity index (χ1) is 8.19. The number of nitrogens with one attached hydrogen (secondary N) is 2. The van der Waals surface area contributed by atoms with E-state index in [2.05, 4.69) is 27.6 Å². The summed E-state index contributed by atoms with van der Waals surface area (Å²) in [5.74, 6) is 7.08. The van der Waals surface area contributed by atoms with Gasteiger partial charge in [0.1, 0.15) is 5.82 Å². The van der Waals surface area contributed by atoms with Gasteiger partial charge >= 0.3 is 0 Å². The molecular weight excluding hydrogens is 218 g/mol. The smallest absolute Gasteiger partial charge is 0.239 e. The summed E-state index contributed by atoms with van der Waals surface area (Å²) in [6.07, 6.45) is 1.41. The molecule has 6 heteroatoms. The van der Waals surface area contributed by atoms with E-state index in [4.69, 9.17) is 10.6 Å². The molecule has 2 atom stereocenters. The largest absolute Gasteiger partial charge is 0.378 e. The first-order valence-electron chi connectivity index (χ1n) is 5.87. The summed E-state index contributed by atoms with van der Waals surface area (Å²) in [6, 6.07) is 1.90. The van der Waals surface area contributed by atoms with Gasteiger partial charge in [-0.05, 0) is 20.3 Å². The van der Waals surface area contributed by atoms with Gasteiger partial charge in [-0.2, -0.15) is 4.98 Å². The Hall–Kier alpha value is -1.40. The second-order valence-corrected chi connectivity index (χ2v) is 4.37. The van der Waals surface area contributed by atoms with Gasteiger partial charge in [-0.1, -0.05) is 0 Å². The molecule has 0 aliphatic carbocycles. The van der Waals surface area contributed by atoms with Crippen LogP contribution < -0.4 is 16.6 Å². The van der Waals surface area contributed by atoms with E-state index in [-0.39, 0.29) is 0 Å². The van der Waals surface area contributed by atoms with Crippen LogP contribution in [0, 0.1) is 12.8 Å². The van der Waals surface area contributed by atoms with Gasteiger partial charge in [-0.15, -0.1) is 0 Å². The van der Waals surface area contributed by atoms with Crippen molar-refractivity contribution in [1.82, 2.24) is 9.97 Å². The Balaban J connectivity index is 1.96. The lowest BCUT2D eigenvalue weighted by Crippen LogP contribution is -2.21. The second kappa shape index (κ2) is 5.29. The molecule has 6 nitrogen and oxygen atoms in total. The standard InChI is InChI=1S/C11H19N5O/c1-7-5-10(15-11(14-7)16-12)13-6-9-3-4-17-8(9)2/h5,8-9H,3-4,6,12H2,1-2H3,(H2,13,14,15,16). The highest BCUT2D eigenvalue weighted by Crippen LogP contribution is 2.21. The summed E-state index contributed by atoms with van der Waals surface area (Å²) in [5, 5.41) is 3.31. The third kappa shape index (κ3) is 3.04. The zero-order valence-electron chi connectivity index (χ0n) is 10.2. The van der Waals surface area contributed by atoms with Gasteiger partial charge in [0.15, 0.2) is 0 Å². The fourth-order valence-corrected chi connectivity index (χ4v) is 2.00. The first-order valence-corrected chi connectivity index (χ1v) is 5.87. The SMILES string of the molecule is Cc1cc(NCC2CCOC2C)nc(NN)n1. The maximum atomic E-state index is 5.52. The molecule has 0 amide bonds. The Morgan fingerprint density at radius 2 is 2.35 bits per heavy atom. The van der Waals surface area contributed by atoms with Crippen molar-refractivity contribution in [3.8, 4) is 0 Å². The molecule has 1 aliphatic rings. The molecule has 1 saturated heterocycles. The highest BCUT2D eigenvalue weighted by molar-refractivity contribution is 5.41. The van der Waals surface area contributed by atoms with Crippen molar-refractivity contribution >= 4 is 11.8 Å². The molecule has 0 saturated carbocycles. The fraction of sp³-hybridized carbons (Fsp3) is 0.636. The highest BCUT2D eigenvalue weighted by atomic mass is 16.5. The maximum absolute atomic E-state index is 5.52. The Morgan fingerprint density at radius 3 is 3.00 bits per heavy atom. The molecule has 4 N–H and O–H groups in total. The van der Waals surface area contributed by atoms with Gasteiger partial charge in [-0.25, -0.2) is 10.8 Å².